The molecule has 5 nitrogen and oxygen atoms in total. The summed E-state index contributed by atoms with van der Waals surface area (Å²) >= 11 is 0. The average molecular weight is 280 g/mol. The van der Waals surface area contributed by atoms with Crippen molar-refractivity contribution in [2.75, 3.05) is 33.3 Å². The van der Waals surface area contributed by atoms with Gasteiger partial charge in [-0.15, -0.1) is 0 Å². The molecule has 20 heavy (non-hydrogen) atoms. The standard InChI is InChI=1S/C15H24N2O3/c1-19-15(18)14-7-6-13(20-14)12-16-8-11-17-9-4-2-3-5-10-17/h6-7,16H,2-5,8-12H2,1H3. The van der Waals surface area contributed by atoms with Gasteiger partial charge in [-0.1, -0.05) is 12.8 Å². The van der Waals surface area contributed by atoms with E-state index < -0.39 is 5.97 Å². The third kappa shape index (κ3) is 4.65. The number of nitrogens with one attached hydrogen (secondary N) is 1. The Hall–Kier alpha value is -1.33. The fourth-order valence-electron chi connectivity index (χ4n) is 2.49. The van der Waals surface area contributed by atoms with Crippen LogP contribution in [0.25, 0.3) is 0 Å². The summed E-state index contributed by atoms with van der Waals surface area (Å²) in [6.45, 7) is 5.09. The van der Waals surface area contributed by atoms with Crippen LogP contribution >= 0.6 is 0 Å². The smallest absolute Gasteiger partial charge is 0.373 e. The van der Waals surface area contributed by atoms with E-state index in [9.17, 15) is 4.79 Å². The number of methoxy groups -OCH3 is 1. The molecule has 1 fully saturated rings. The molecule has 1 aliphatic rings. The van der Waals surface area contributed by atoms with Crippen LogP contribution in [0.5, 0.6) is 0 Å². The Morgan fingerprint density at radius 2 is 2.05 bits per heavy atom. The predicted molar refractivity (Wildman–Crippen MR) is 76.7 cm³/mol. The molecule has 112 valence electrons. The minimum absolute atomic E-state index is 0.261. The fourth-order valence-corrected chi connectivity index (χ4v) is 2.49. The molecule has 0 aromatic carbocycles. The van der Waals surface area contributed by atoms with Gasteiger partial charge in [0.2, 0.25) is 5.76 Å². The zero-order chi connectivity index (χ0) is 14.2. The van der Waals surface area contributed by atoms with E-state index in [-0.39, 0.29) is 5.76 Å². The molecule has 1 N–H and O–H groups in total. The maximum absolute atomic E-state index is 11.3. The van der Waals surface area contributed by atoms with E-state index in [1.165, 1.54) is 45.9 Å². The zero-order valence-electron chi connectivity index (χ0n) is 12.2. The van der Waals surface area contributed by atoms with Crippen molar-refractivity contribution >= 4 is 5.97 Å². The molecule has 0 bridgehead atoms. The van der Waals surface area contributed by atoms with Crippen LogP contribution < -0.4 is 5.32 Å². The Morgan fingerprint density at radius 1 is 1.30 bits per heavy atom. The van der Waals surface area contributed by atoms with E-state index in [0.29, 0.717) is 6.54 Å². The van der Waals surface area contributed by atoms with E-state index in [2.05, 4.69) is 15.0 Å². The van der Waals surface area contributed by atoms with E-state index in [1.807, 2.05) is 6.07 Å². The van der Waals surface area contributed by atoms with Gasteiger partial charge in [0.1, 0.15) is 5.76 Å². The van der Waals surface area contributed by atoms with Gasteiger partial charge in [-0.05, 0) is 38.1 Å². The van der Waals surface area contributed by atoms with Gasteiger partial charge in [0.15, 0.2) is 0 Å². The Balaban J connectivity index is 1.65. The Bertz CT molecular complexity index is 409. The van der Waals surface area contributed by atoms with Crippen LogP contribution in [0.2, 0.25) is 0 Å². The molecule has 0 radical (unpaired) electrons. The molecule has 0 aliphatic carbocycles. The van der Waals surface area contributed by atoms with E-state index in [0.717, 1.165) is 18.8 Å². The first-order valence-electron chi connectivity index (χ1n) is 7.39. The number of carbonyl (C=O) groups is 1. The lowest BCUT2D eigenvalue weighted by molar-refractivity contribution is 0.0563. The third-order valence-corrected chi connectivity index (χ3v) is 3.65. The normalized spacial score (nSPS) is 16.9. The number of rotatable bonds is 6. The molecular weight excluding hydrogens is 256 g/mol. The minimum atomic E-state index is -0.430. The van der Waals surface area contributed by atoms with Crippen molar-refractivity contribution in [3.05, 3.63) is 23.7 Å². The van der Waals surface area contributed by atoms with Crippen molar-refractivity contribution < 1.29 is 13.9 Å². The Labute approximate surface area is 120 Å². The van der Waals surface area contributed by atoms with Crippen LogP contribution in [0.3, 0.4) is 0 Å². The molecule has 1 aromatic rings. The second kappa shape index (κ2) is 8.07. The van der Waals surface area contributed by atoms with Crippen LogP contribution in [0, 0.1) is 0 Å². The third-order valence-electron chi connectivity index (χ3n) is 3.65. The van der Waals surface area contributed by atoms with Crippen LogP contribution in [0.15, 0.2) is 16.5 Å². The summed E-state index contributed by atoms with van der Waals surface area (Å²) in [7, 11) is 1.35. The largest absolute Gasteiger partial charge is 0.463 e. The molecule has 1 aromatic heterocycles. The van der Waals surface area contributed by atoms with Gasteiger partial charge in [0, 0.05) is 13.1 Å². The number of furan rings is 1. The van der Waals surface area contributed by atoms with Crippen molar-refractivity contribution in [3.8, 4) is 0 Å². The van der Waals surface area contributed by atoms with Gasteiger partial charge in [0.05, 0.1) is 13.7 Å². The van der Waals surface area contributed by atoms with Crippen LogP contribution in [0.1, 0.15) is 42.0 Å². The molecule has 1 aliphatic heterocycles. The van der Waals surface area contributed by atoms with E-state index >= 15 is 0 Å². The second-order valence-corrected chi connectivity index (χ2v) is 5.19. The van der Waals surface area contributed by atoms with Gasteiger partial charge >= 0.3 is 5.97 Å². The lowest BCUT2D eigenvalue weighted by Gasteiger charge is -2.19. The van der Waals surface area contributed by atoms with Gasteiger partial charge in [-0.25, -0.2) is 4.79 Å². The predicted octanol–water partition coefficient (Wildman–Crippen LogP) is 2.03. The molecular formula is C15H24N2O3. The molecule has 0 saturated carbocycles. The molecule has 0 amide bonds. The molecule has 0 atom stereocenters. The van der Waals surface area contributed by atoms with Gasteiger partial charge in [-0.3, -0.25) is 0 Å². The van der Waals surface area contributed by atoms with Crippen LogP contribution in [0.4, 0.5) is 0 Å². The SMILES string of the molecule is COC(=O)c1ccc(CNCCN2CCCCCC2)o1. The number of hydrogen-bond acceptors (Lipinski definition) is 5. The summed E-state index contributed by atoms with van der Waals surface area (Å²) < 4.78 is 10.0. The highest BCUT2D eigenvalue weighted by Crippen LogP contribution is 2.10. The van der Waals surface area contributed by atoms with Crippen molar-refractivity contribution in [2.24, 2.45) is 0 Å². The Morgan fingerprint density at radius 3 is 2.75 bits per heavy atom. The highest BCUT2D eigenvalue weighted by Gasteiger charge is 2.11. The lowest BCUT2D eigenvalue weighted by Crippen LogP contribution is -2.32. The van der Waals surface area contributed by atoms with Crippen molar-refractivity contribution in [1.29, 1.82) is 0 Å². The molecule has 0 unspecified atom stereocenters. The molecule has 1 saturated heterocycles. The molecule has 2 heterocycles. The minimum Gasteiger partial charge on any atom is -0.463 e. The number of carbonyl (C=O) groups excluding carboxylic acids is 1. The number of likely N-dealkylation sites (tertiary alicyclic amines) is 1. The number of hydrogen-bond donors (Lipinski definition) is 1. The average Bonchev–Trinajstić information content (AvgIpc) is 2.79. The topological polar surface area (TPSA) is 54.7 Å². The molecule has 0 spiro atoms. The van der Waals surface area contributed by atoms with Crippen molar-refractivity contribution in [3.63, 3.8) is 0 Å². The summed E-state index contributed by atoms with van der Waals surface area (Å²) in [5, 5.41) is 3.35. The number of ether oxygens (including phenoxy) is 1. The van der Waals surface area contributed by atoms with Crippen molar-refractivity contribution in [2.45, 2.75) is 32.2 Å². The monoisotopic (exact) mass is 280 g/mol. The van der Waals surface area contributed by atoms with Gasteiger partial charge in [-0.2, -0.15) is 0 Å². The van der Waals surface area contributed by atoms with Gasteiger partial charge in [0.25, 0.3) is 0 Å². The summed E-state index contributed by atoms with van der Waals surface area (Å²) in [6.07, 6.45) is 5.38. The summed E-state index contributed by atoms with van der Waals surface area (Å²) in [5.41, 5.74) is 0. The number of nitrogens with zero attached hydrogens (tertiary/aromatic N) is 1. The highest BCUT2D eigenvalue weighted by atomic mass is 16.5. The maximum atomic E-state index is 11.3. The first-order chi connectivity index (χ1) is 9.79. The first kappa shape index (κ1) is 15.1. The summed E-state index contributed by atoms with van der Waals surface area (Å²) in [6, 6.07) is 3.46. The quantitative estimate of drug-likeness (QED) is 0.638. The summed E-state index contributed by atoms with van der Waals surface area (Å²) in [5.74, 6) is 0.596. The first-order valence-corrected chi connectivity index (χ1v) is 7.39. The lowest BCUT2D eigenvalue weighted by atomic mass is 10.2. The van der Waals surface area contributed by atoms with Crippen LogP contribution in [-0.4, -0.2) is 44.2 Å². The van der Waals surface area contributed by atoms with Crippen molar-refractivity contribution in [1.82, 2.24) is 10.2 Å². The summed E-state index contributed by atoms with van der Waals surface area (Å²) in [4.78, 5) is 13.8. The maximum Gasteiger partial charge on any atom is 0.373 e. The van der Waals surface area contributed by atoms with E-state index in [4.69, 9.17) is 4.42 Å². The number of esters is 1. The zero-order valence-corrected chi connectivity index (χ0v) is 12.2. The van der Waals surface area contributed by atoms with Gasteiger partial charge < -0.3 is 19.4 Å². The molecule has 5 heteroatoms. The second-order valence-electron chi connectivity index (χ2n) is 5.19. The Kier molecular flexibility index (Phi) is 6.08. The highest BCUT2D eigenvalue weighted by molar-refractivity contribution is 5.86. The van der Waals surface area contributed by atoms with E-state index in [1.54, 1.807) is 6.07 Å². The van der Waals surface area contributed by atoms with Crippen LogP contribution in [-0.2, 0) is 11.3 Å². The molecule has 2 rings (SSSR count). The fraction of sp³-hybridized carbons (Fsp3) is 0.667.